The molecule has 0 bridgehead atoms. The molecule has 1 N–H and O–H groups in total. The highest BCUT2D eigenvalue weighted by Gasteiger charge is 2.16. The van der Waals surface area contributed by atoms with Gasteiger partial charge in [0, 0.05) is 5.70 Å². The zero-order valence-electron chi connectivity index (χ0n) is 7.31. The van der Waals surface area contributed by atoms with Gasteiger partial charge in [0.25, 0.3) is 0 Å². The second kappa shape index (κ2) is 2.53. The maximum absolute atomic E-state index is 3.96. The molecule has 0 spiro atoms. The minimum atomic E-state index is 0.161. The molecule has 0 fully saturated rings. The number of nitrogens with one attached hydrogen (secondary N) is 1. The molecular weight excluding hydrogens is 136 g/mol. The Bertz CT molecular complexity index is 228. The van der Waals surface area contributed by atoms with Gasteiger partial charge in [-0.05, 0) is 17.1 Å². The van der Waals surface area contributed by atoms with Gasteiger partial charge in [-0.2, -0.15) is 5.10 Å². The predicted molar refractivity (Wildman–Crippen MR) is 48.3 cm³/mol. The average molecular weight is 150 g/mol. The molecule has 0 saturated heterocycles. The van der Waals surface area contributed by atoms with Crippen LogP contribution in [0.5, 0.6) is 0 Å². The SMILES string of the molecule is C=C1C=C(C(C)(C)C)C=NN1. The lowest BCUT2D eigenvalue weighted by Crippen LogP contribution is -2.17. The minimum absolute atomic E-state index is 0.161. The summed E-state index contributed by atoms with van der Waals surface area (Å²) in [6.45, 7) is 10.2. The van der Waals surface area contributed by atoms with Crippen LogP contribution in [0.25, 0.3) is 0 Å². The molecule has 1 aliphatic heterocycles. The van der Waals surface area contributed by atoms with E-state index >= 15 is 0 Å². The van der Waals surface area contributed by atoms with Crippen LogP contribution in [-0.2, 0) is 0 Å². The molecule has 2 heteroatoms. The second-order valence-corrected chi connectivity index (χ2v) is 3.74. The van der Waals surface area contributed by atoms with E-state index < -0.39 is 0 Å². The third kappa shape index (κ3) is 1.93. The van der Waals surface area contributed by atoms with Gasteiger partial charge in [0.15, 0.2) is 0 Å². The number of rotatable bonds is 0. The lowest BCUT2D eigenvalue weighted by atomic mass is 9.86. The van der Waals surface area contributed by atoms with Crippen molar-refractivity contribution in [2.45, 2.75) is 20.8 Å². The van der Waals surface area contributed by atoms with Gasteiger partial charge in [0.2, 0.25) is 0 Å². The van der Waals surface area contributed by atoms with E-state index in [1.807, 2.05) is 12.3 Å². The Balaban J connectivity index is 2.88. The standard InChI is InChI=1S/C9H14N2/c1-7-5-8(6-10-11-7)9(2,3)4/h5-6,11H,1H2,2-4H3. The molecule has 1 rings (SSSR count). The number of hydrazone groups is 1. The Labute approximate surface area is 67.7 Å². The van der Waals surface area contributed by atoms with Crippen molar-refractivity contribution >= 4 is 6.21 Å². The van der Waals surface area contributed by atoms with Crippen LogP contribution >= 0.6 is 0 Å². The third-order valence-corrected chi connectivity index (χ3v) is 1.61. The van der Waals surface area contributed by atoms with Crippen LogP contribution in [0.4, 0.5) is 0 Å². The molecule has 0 unspecified atom stereocenters. The third-order valence-electron chi connectivity index (χ3n) is 1.61. The van der Waals surface area contributed by atoms with E-state index in [0.717, 1.165) is 5.70 Å². The van der Waals surface area contributed by atoms with E-state index in [9.17, 15) is 0 Å². The maximum Gasteiger partial charge on any atom is 0.0510 e. The quantitative estimate of drug-likeness (QED) is 0.561. The highest BCUT2D eigenvalue weighted by atomic mass is 15.3. The fraction of sp³-hybridized carbons (Fsp3) is 0.444. The van der Waals surface area contributed by atoms with Gasteiger partial charge in [-0.15, -0.1) is 0 Å². The average Bonchev–Trinajstić information content (AvgIpc) is 1.86. The summed E-state index contributed by atoms with van der Waals surface area (Å²) < 4.78 is 0. The Morgan fingerprint density at radius 2 is 2.09 bits per heavy atom. The monoisotopic (exact) mass is 150 g/mol. The second-order valence-electron chi connectivity index (χ2n) is 3.74. The predicted octanol–water partition coefficient (Wildman–Crippen LogP) is 2.06. The molecule has 60 valence electrons. The largest absolute Gasteiger partial charge is 0.279 e. The number of nitrogens with zero attached hydrogens (tertiary/aromatic N) is 1. The van der Waals surface area contributed by atoms with Crippen molar-refractivity contribution in [2.75, 3.05) is 0 Å². The van der Waals surface area contributed by atoms with Crippen molar-refractivity contribution < 1.29 is 0 Å². The van der Waals surface area contributed by atoms with Crippen LogP contribution in [0.1, 0.15) is 20.8 Å². The normalized spacial score (nSPS) is 17.7. The lowest BCUT2D eigenvalue weighted by molar-refractivity contribution is 0.523. The molecule has 0 aromatic rings. The van der Waals surface area contributed by atoms with E-state index in [0.29, 0.717) is 0 Å². The summed E-state index contributed by atoms with van der Waals surface area (Å²) >= 11 is 0. The molecule has 0 radical (unpaired) electrons. The zero-order valence-corrected chi connectivity index (χ0v) is 7.31. The molecule has 0 saturated carbocycles. The summed E-state index contributed by atoms with van der Waals surface area (Å²) in [5, 5.41) is 3.96. The maximum atomic E-state index is 3.96. The van der Waals surface area contributed by atoms with Gasteiger partial charge < -0.3 is 0 Å². The Kier molecular flexibility index (Phi) is 1.85. The zero-order chi connectivity index (χ0) is 8.48. The van der Waals surface area contributed by atoms with E-state index in [-0.39, 0.29) is 5.41 Å². The van der Waals surface area contributed by atoms with Crippen molar-refractivity contribution in [2.24, 2.45) is 10.5 Å². The first-order chi connectivity index (χ1) is 5.00. The van der Waals surface area contributed by atoms with Gasteiger partial charge in [-0.1, -0.05) is 27.4 Å². The highest BCUT2D eigenvalue weighted by Crippen LogP contribution is 2.25. The van der Waals surface area contributed by atoms with Gasteiger partial charge in [-0.25, -0.2) is 0 Å². The summed E-state index contributed by atoms with van der Waals surface area (Å²) in [4.78, 5) is 0. The van der Waals surface area contributed by atoms with Crippen LogP contribution < -0.4 is 5.43 Å². The molecule has 1 heterocycles. The lowest BCUT2D eigenvalue weighted by Gasteiger charge is -2.22. The summed E-state index contributed by atoms with van der Waals surface area (Å²) in [6, 6.07) is 0. The highest BCUT2D eigenvalue weighted by molar-refractivity contribution is 5.81. The summed E-state index contributed by atoms with van der Waals surface area (Å²) in [5.41, 5.74) is 5.01. The van der Waals surface area contributed by atoms with Gasteiger partial charge in [0.1, 0.15) is 0 Å². The molecule has 0 amide bonds. The number of hydrogen-bond acceptors (Lipinski definition) is 2. The Hall–Kier alpha value is -1.05. The van der Waals surface area contributed by atoms with E-state index in [4.69, 9.17) is 0 Å². The van der Waals surface area contributed by atoms with Crippen molar-refractivity contribution in [1.82, 2.24) is 5.43 Å². The minimum Gasteiger partial charge on any atom is -0.279 e. The van der Waals surface area contributed by atoms with E-state index in [2.05, 4.69) is 37.9 Å². The summed E-state index contributed by atoms with van der Waals surface area (Å²) in [6.07, 6.45) is 3.86. The summed E-state index contributed by atoms with van der Waals surface area (Å²) in [7, 11) is 0. The molecule has 0 aliphatic carbocycles. The smallest absolute Gasteiger partial charge is 0.0510 e. The van der Waals surface area contributed by atoms with Crippen LogP contribution in [0.15, 0.2) is 29.0 Å². The molecule has 1 aliphatic rings. The van der Waals surface area contributed by atoms with E-state index in [1.54, 1.807) is 0 Å². The fourth-order valence-electron chi connectivity index (χ4n) is 0.852. The van der Waals surface area contributed by atoms with Crippen molar-refractivity contribution in [3.8, 4) is 0 Å². The Morgan fingerprint density at radius 1 is 1.45 bits per heavy atom. The summed E-state index contributed by atoms with van der Waals surface area (Å²) in [5.74, 6) is 0. The van der Waals surface area contributed by atoms with Crippen molar-refractivity contribution in [1.29, 1.82) is 0 Å². The van der Waals surface area contributed by atoms with Crippen molar-refractivity contribution in [3.63, 3.8) is 0 Å². The van der Waals surface area contributed by atoms with Gasteiger partial charge in [0.05, 0.1) is 6.21 Å². The molecule has 0 aromatic carbocycles. The molecule has 0 aromatic heterocycles. The van der Waals surface area contributed by atoms with Crippen LogP contribution in [0.3, 0.4) is 0 Å². The molecule has 11 heavy (non-hydrogen) atoms. The molecule has 2 nitrogen and oxygen atoms in total. The first-order valence-electron chi connectivity index (χ1n) is 3.70. The van der Waals surface area contributed by atoms with Gasteiger partial charge >= 0.3 is 0 Å². The molecule has 0 atom stereocenters. The van der Waals surface area contributed by atoms with Crippen LogP contribution in [0.2, 0.25) is 0 Å². The van der Waals surface area contributed by atoms with Crippen LogP contribution in [0, 0.1) is 5.41 Å². The first-order valence-corrected chi connectivity index (χ1v) is 3.70. The fourth-order valence-corrected chi connectivity index (χ4v) is 0.852. The first kappa shape index (κ1) is 8.05. The topological polar surface area (TPSA) is 24.4 Å². The number of hydrogen-bond donors (Lipinski definition) is 1. The van der Waals surface area contributed by atoms with Gasteiger partial charge in [-0.3, -0.25) is 5.43 Å². The number of allylic oxidation sites excluding steroid dienone is 2. The molecular formula is C9H14N2. The van der Waals surface area contributed by atoms with Crippen molar-refractivity contribution in [3.05, 3.63) is 23.9 Å². The Morgan fingerprint density at radius 3 is 2.45 bits per heavy atom. The van der Waals surface area contributed by atoms with Crippen LogP contribution in [-0.4, -0.2) is 6.21 Å². The van der Waals surface area contributed by atoms with E-state index in [1.165, 1.54) is 5.57 Å².